The van der Waals surface area contributed by atoms with Crippen molar-refractivity contribution in [1.82, 2.24) is 10.2 Å². The number of nitrogens with one attached hydrogen (secondary N) is 1. The van der Waals surface area contributed by atoms with Gasteiger partial charge in [-0.3, -0.25) is 9.59 Å². The average Bonchev–Trinajstić information content (AvgIpc) is 2.27. The second kappa shape index (κ2) is 5.87. The van der Waals surface area contributed by atoms with E-state index in [4.69, 9.17) is 0 Å². The Morgan fingerprint density at radius 1 is 1.19 bits per heavy atom. The van der Waals surface area contributed by atoms with Gasteiger partial charge in [-0.05, 0) is 26.7 Å². The molecule has 4 heteroatoms. The lowest BCUT2D eigenvalue weighted by Crippen LogP contribution is -2.47. The van der Waals surface area contributed by atoms with Gasteiger partial charge in [0.2, 0.25) is 0 Å². The third-order valence-electron chi connectivity index (χ3n) is 3.06. The van der Waals surface area contributed by atoms with Crippen molar-refractivity contribution in [3.63, 3.8) is 0 Å². The van der Waals surface area contributed by atoms with Crippen molar-refractivity contribution < 1.29 is 9.59 Å². The summed E-state index contributed by atoms with van der Waals surface area (Å²) in [5.74, 6) is -0.885. The quantitative estimate of drug-likeness (QED) is 0.722. The van der Waals surface area contributed by atoms with Gasteiger partial charge in [-0.2, -0.15) is 0 Å². The van der Waals surface area contributed by atoms with E-state index in [0.717, 1.165) is 25.7 Å². The number of likely N-dealkylation sites (N-methyl/N-ethyl adjacent to an activating group) is 1. The maximum atomic E-state index is 11.8. The number of carbonyl (C=O) groups excluding carboxylic acids is 2. The van der Waals surface area contributed by atoms with Gasteiger partial charge in [-0.1, -0.05) is 19.3 Å². The Balaban J connectivity index is 2.48. The van der Waals surface area contributed by atoms with Crippen LogP contribution in [-0.2, 0) is 9.59 Å². The van der Waals surface area contributed by atoms with E-state index in [1.165, 1.54) is 6.42 Å². The predicted molar refractivity (Wildman–Crippen MR) is 62.9 cm³/mol. The Morgan fingerprint density at radius 3 is 2.25 bits per heavy atom. The molecule has 0 aromatic carbocycles. The fourth-order valence-corrected chi connectivity index (χ4v) is 2.12. The summed E-state index contributed by atoms with van der Waals surface area (Å²) < 4.78 is 0. The normalized spacial score (nSPS) is 17.2. The number of carbonyl (C=O) groups is 2. The summed E-state index contributed by atoms with van der Waals surface area (Å²) in [6.45, 7) is 3.71. The van der Waals surface area contributed by atoms with Crippen molar-refractivity contribution in [2.75, 3.05) is 7.05 Å². The molecule has 0 aromatic heterocycles. The van der Waals surface area contributed by atoms with Crippen molar-refractivity contribution in [1.29, 1.82) is 0 Å². The Bertz CT molecular complexity index is 258. The van der Waals surface area contributed by atoms with Crippen LogP contribution >= 0.6 is 0 Å². The molecule has 0 spiro atoms. The molecule has 0 aromatic rings. The van der Waals surface area contributed by atoms with Crippen LogP contribution in [0.1, 0.15) is 46.0 Å². The minimum Gasteiger partial charge on any atom is -0.346 e. The summed E-state index contributed by atoms with van der Waals surface area (Å²) in [7, 11) is 1.73. The minimum atomic E-state index is -0.483. The molecule has 1 rings (SSSR count). The first-order valence-corrected chi connectivity index (χ1v) is 6.10. The summed E-state index contributed by atoms with van der Waals surface area (Å²) in [5.41, 5.74) is 0. The van der Waals surface area contributed by atoms with E-state index < -0.39 is 11.8 Å². The van der Waals surface area contributed by atoms with Crippen molar-refractivity contribution in [2.24, 2.45) is 0 Å². The van der Waals surface area contributed by atoms with Gasteiger partial charge in [-0.25, -0.2) is 0 Å². The number of nitrogens with zero attached hydrogens (tertiary/aromatic N) is 1. The minimum absolute atomic E-state index is 0.0104. The second-order valence-corrected chi connectivity index (χ2v) is 4.84. The Labute approximate surface area is 97.4 Å². The molecule has 1 aliphatic rings. The highest BCUT2D eigenvalue weighted by atomic mass is 16.2. The van der Waals surface area contributed by atoms with Crippen LogP contribution < -0.4 is 5.32 Å². The van der Waals surface area contributed by atoms with E-state index >= 15 is 0 Å². The number of rotatable bonds is 2. The van der Waals surface area contributed by atoms with Gasteiger partial charge < -0.3 is 10.2 Å². The second-order valence-electron chi connectivity index (χ2n) is 4.84. The summed E-state index contributed by atoms with van der Waals surface area (Å²) in [4.78, 5) is 24.9. The highest BCUT2D eigenvalue weighted by Gasteiger charge is 2.26. The first kappa shape index (κ1) is 13.0. The van der Waals surface area contributed by atoms with E-state index in [-0.39, 0.29) is 12.1 Å². The molecule has 2 amide bonds. The van der Waals surface area contributed by atoms with Gasteiger partial charge in [0.05, 0.1) is 0 Å². The zero-order valence-corrected chi connectivity index (χ0v) is 10.5. The van der Waals surface area contributed by atoms with E-state index in [1.807, 2.05) is 13.8 Å². The van der Waals surface area contributed by atoms with Crippen LogP contribution in [0, 0.1) is 0 Å². The molecular formula is C12H22N2O2. The Kier molecular flexibility index (Phi) is 4.77. The molecule has 4 nitrogen and oxygen atoms in total. The maximum Gasteiger partial charge on any atom is 0.311 e. The molecule has 1 N–H and O–H groups in total. The largest absolute Gasteiger partial charge is 0.346 e. The van der Waals surface area contributed by atoms with Crippen LogP contribution in [0.25, 0.3) is 0 Å². The molecule has 0 unspecified atom stereocenters. The zero-order chi connectivity index (χ0) is 12.1. The van der Waals surface area contributed by atoms with Crippen molar-refractivity contribution in [3.05, 3.63) is 0 Å². The molecular weight excluding hydrogens is 204 g/mol. The number of hydrogen-bond acceptors (Lipinski definition) is 2. The number of amides is 2. The molecule has 1 saturated carbocycles. The van der Waals surface area contributed by atoms with Gasteiger partial charge in [-0.15, -0.1) is 0 Å². The summed E-state index contributed by atoms with van der Waals surface area (Å²) >= 11 is 0. The molecule has 0 bridgehead atoms. The SMILES string of the molecule is CC(C)NC(=O)C(=O)N(C)C1CCCCC1. The smallest absolute Gasteiger partial charge is 0.311 e. The van der Waals surface area contributed by atoms with E-state index in [2.05, 4.69) is 5.32 Å². The fraction of sp³-hybridized carbons (Fsp3) is 0.833. The van der Waals surface area contributed by atoms with Gasteiger partial charge in [0.15, 0.2) is 0 Å². The van der Waals surface area contributed by atoms with E-state index in [0.29, 0.717) is 0 Å². The van der Waals surface area contributed by atoms with Crippen molar-refractivity contribution >= 4 is 11.8 Å². The van der Waals surface area contributed by atoms with Crippen LogP contribution in [-0.4, -0.2) is 35.8 Å². The fourth-order valence-electron chi connectivity index (χ4n) is 2.12. The Morgan fingerprint density at radius 2 is 1.75 bits per heavy atom. The Hall–Kier alpha value is -1.06. The lowest BCUT2D eigenvalue weighted by Gasteiger charge is -2.30. The highest BCUT2D eigenvalue weighted by molar-refractivity contribution is 6.35. The maximum absolute atomic E-state index is 11.8. The molecule has 0 heterocycles. The number of hydrogen-bond donors (Lipinski definition) is 1. The summed E-state index contributed by atoms with van der Waals surface area (Å²) in [6, 6.07) is 0.260. The molecule has 16 heavy (non-hydrogen) atoms. The predicted octanol–water partition coefficient (Wildman–Crippen LogP) is 1.30. The van der Waals surface area contributed by atoms with Crippen molar-refractivity contribution in [3.8, 4) is 0 Å². The first-order valence-electron chi connectivity index (χ1n) is 6.10. The summed E-state index contributed by atoms with van der Waals surface area (Å²) in [6.07, 6.45) is 5.62. The monoisotopic (exact) mass is 226 g/mol. The van der Waals surface area contributed by atoms with Gasteiger partial charge in [0.25, 0.3) is 0 Å². The average molecular weight is 226 g/mol. The van der Waals surface area contributed by atoms with Gasteiger partial charge in [0.1, 0.15) is 0 Å². The third kappa shape index (κ3) is 3.51. The third-order valence-corrected chi connectivity index (χ3v) is 3.06. The lowest BCUT2D eigenvalue weighted by molar-refractivity contribution is -0.147. The molecule has 92 valence electrons. The topological polar surface area (TPSA) is 49.4 Å². The molecule has 0 saturated heterocycles. The van der Waals surface area contributed by atoms with E-state index in [1.54, 1.807) is 11.9 Å². The van der Waals surface area contributed by atoms with Crippen LogP contribution in [0.2, 0.25) is 0 Å². The van der Waals surface area contributed by atoms with Crippen molar-refractivity contribution in [2.45, 2.75) is 58.0 Å². The van der Waals surface area contributed by atoms with Crippen LogP contribution in [0.15, 0.2) is 0 Å². The standard InChI is InChI=1S/C12H22N2O2/c1-9(2)13-11(15)12(16)14(3)10-7-5-4-6-8-10/h9-10H,4-8H2,1-3H3,(H,13,15). The zero-order valence-electron chi connectivity index (χ0n) is 10.5. The molecule has 0 atom stereocenters. The molecule has 1 aliphatic carbocycles. The van der Waals surface area contributed by atoms with Crippen LogP contribution in [0.5, 0.6) is 0 Å². The molecule has 1 fully saturated rings. The van der Waals surface area contributed by atoms with Gasteiger partial charge >= 0.3 is 11.8 Å². The van der Waals surface area contributed by atoms with E-state index in [9.17, 15) is 9.59 Å². The van der Waals surface area contributed by atoms with Gasteiger partial charge in [0, 0.05) is 19.1 Å². The van der Waals surface area contributed by atoms with Crippen LogP contribution in [0.4, 0.5) is 0 Å². The summed E-state index contributed by atoms with van der Waals surface area (Å²) in [5, 5.41) is 2.63. The van der Waals surface area contributed by atoms with Crippen LogP contribution in [0.3, 0.4) is 0 Å². The lowest BCUT2D eigenvalue weighted by atomic mass is 9.94. The molecule has 0 radical (unpaired) electrons. The first-order chi connectivity index (χ1) is 7.52. The highest BCUT2D eigenvalue weighted by Crippen LogP contribution is 2.21. The molecule has 0 aliphatic heterocycles.